The van der Waals surface area contributed by atoms with E-state index in [1.54, 1.807) is 0 Å². The third-order valence-corrected chi connectivity index (χ3v) is 1.79. The maximum atomic E-state index is 10.2. The summed E-state index contributed by atoms with van der Waals surface area (Å²) in [6.07, 6.45) is 0.0885. The molecule has 0 aliphatic heterocycles. The molecule has 0 radical (unpaired) electrons. The van der Waals surface area contributed by atoms with E-state index in [1.807, 2.05) is 13.8 Å². The molecule has 0 bridgehead atoms. The first-order valence-electron chi connectivity index (χ1n) is 4.84. The van der Waals surface area contributed by atoms with E-state index in [4.69, 9.17) is 9.63 Å². The van der Waals surface area contributed by atoms with Crippen LogP contribution in [0.1, 0.15) is 37.9 Å². The minimum absolute atomic E-state index is 0.0885. The van der Waals surface area contributed by atoms with Gasteiger partial charge < -0.3 is 14.9 Å². The SMILES string of the molecule is CC(C)c1noc(CNCCC(=O)O)n1. The molecule has 0 aliphatic rings. The highest BCUT2D eigenvalue weighted by Crippen LogP contribution is 2.09. The van der Waals surface area contributed by atoms with E-state index in [1.165, 1.54) is 0 Å². The van der Waals surface area contributed by atoms with Crippen LogP contribution in [0.5, 0.6) is 0 Å². The van der Waals surface area contributed by atoms with Gasteiger partial charge in [-0.15, -0.1) is 0 Å². The molecule has 0 fully saturated rings. The molecule has 0 aliphatic carbocycles. The molecule has 1 aromatic rings. The fraction of sp³-hybridized carbons (Fsp3) is 0.667. The quantitative estimate of drug-likeness (QED) is 0.678. The number of carbonyl (C=O) groups is 1. The van der Waals surface area contributed by atoms with Crippen molar-refractivity contribution < 1.29 is 14.4 Å². The molecule has 1 heterocycles. The highest BCUT2D eigenvalue weighted by atomic mass is 16.5. The van der Waals surface area contributed by atoms with E-state index in [0.29, 0.717) is 24.8 Å². The van der Waals surface area contributed by atoms with E-state index in [2.05, 4.69) is 15.5 Å². The summed E-state index contributed by atoms with van der Waals surface area (Å²) in [5.74, 6) is 0.576. The van der Waals surface area contributed by atoms with Crippen molar-refractivity contribution in [1.29, 1.82) is 0 Å². The van der Waals surface area contributed by atoms with E-state index in [9.17, 15) is 4.79 Å². The van der Waals surface area contributed by atoms with Crippen molar-refractivity contribution in [2.45, 2.75) is 32.7 Å². The average molecular weight is 213 g/mol. The zero-order valence-corrected chi connectivity index (χ0v) is 8.86. The molecule has 6 nitrogen and oxygen atoms in total. The summed E-state index contributed by atoms with van der Waals surface area (Å²) in [7, 11) is 0. The maximum Gasteiger partial charge on any atom is 0.304 e. The number of carboxylic acids is 1. The zero-order chi connectivity index (χ0) is 11.3. The standard InChI is InChI=1S/C9H15N3O3/c1-6(2)9-11-7(15-12-9)5-10-4-3-8(13)14/h6,10H,3-5H2,1-2H3,(H,13,14). The van der Waals surface area contributed by atoms with E-state index in [-0.39, 0.29) is 12.3 Å². The van der Waals surface area contributed by atoms with Gasteiger partial charge in [0.05, 0.1) is 13.0 Å². The Balaban J connectivity index is 2.28. The van der Waals surface area contributed by atoms with Crippen molar-refractivity contribution in [2.75, 3.05) is 6.54 Å². The molecule has 0 saturated carbocycles. The zero-order valence-electron chi connectivity index (χ0n) is 8.86. The number of hydrogen-bond acceptors (Lipinski definition) is 5. The summed E-state index contributed by atoms with van der Waals surface area (Å²) in [6, 6.07) is 0. The van der Waals surface area contributed by atoms with Crippen LogP contribution in [0.2, 0.25) is 0 Å². The first kappa shape index (κ1) is 11.6. The van der Waals surface area contributed by atoms with Crippen molar-refractivity contribution in [3.63, 3.8) is 0 Å². The fourth-order valence-electron chi connectivity index (χ4n) is 0.965. The lowest BCUT2D eigenvalue weighted by Crippen LogP contribution is -2.17. The van der Waals surface area contributed by atoms with Gasteiger partial charge >= 0.3 is 5.97 Å². The van der Waals surface area contributed by atoms with Crippen LogP contribution in [0.3, 0.4) is 0 Å². The number of carboxylic acid groups (broad SMARTS) is 1. The summed E-state index contributed by atoms with van der Waals surface area (Å²) in [6.45, 7) is 4.76. The Kier molecular flexibility index (Phi) is 4.23. The van der Waals surface area contributed by atoms with Gasteiger partial charge in [-0.1, -0.05) is 19.0 Å². The van der Waals surface area contributed by atoms with Crippen LogP contribution in [0.25, 0.3) is 0 Å². The summed E-state index contributed by atoms with van der Waals surface area (Å²) < 4.78 is 4.96. The van der Waals surface area contributed by atoms with Crippen molar-refractivity contribution in [2.24, 2.45) is 0 Å². The summed E-state index contributed by atoms with van der Waals surface area (Å²) in [5, 5.41) is 15.1. The molecule has 0 saturated heterocycles. The lowest BCUT2D eigenvalue weighted by molar-refractivity contribution is -0.136. The van der Waals surface area contributed by atoms with Crippen LogP contribution >= 0.6 is 0 Å². The molecule has 1 aromatic heterocycles. The second-order valence-corrected chi connectivity index (χ2v) is 3.52. The number of aromatic nitrogens is 2. The average Bonchev–Trinajstić information content (AvgIpc) is 2.60. The van der Waals surface area contributed by atoms with E-state index in [0.717, 1.165) is 0 Å². The number of nitrogens with zero attached hydrogens (tertiary/aromatic N) is 2. The smallest absolute Gasteiger partial charge is 0.304 e. The van der Waals surface area contributed by atoms with Crippen LogP contribution in [0.15, 0.2) is 4.52 Å². The molecule has 6 heteroatoms. The summed E-state index contributed by atoms with van der Waals surface area (Å²) in [5.41, 5.74) is 0. The Morgan fingerprint density at radius 1 is 1.60 bits per heavy atom. The van der Waals surface area contributed by atoms with Crippen LogP contribution in [0, 0.1) is 0 Å². The van der Waals surface area contributed by atoms with Crippen LogP contribution < -0.4 is 5.32 Å². The molecule has 0 atom stereocenters. The summed E-state index contributed by atoms with van der Waals surface area (Å²) >= 11 is 0. The predicted molar refractivity (Wildman–Crippen MR) is 52.3 cm³/mol. The second kappa shape index (κ2) is 5.45. The molecule has 0 amide bonds. The van der Waals surface area contributed by atoms with Gasteiger partial charge in [-0.25, -0.2) is 0 Å². The van der Waals surface area contributed by atoms with Gasteiger partial charge in [0.1, 0.15) is 0 Å². The van der Waals surface area contributed by atoms with Crippen LogP contribution in [-0.4, -0.2) is 27.8 Å². The molecule has 0 spiro atoms. The van der Waals surface area contributed by atoms with Gasteiger partial charge in [0.2, 0.25) is 5.89 Å². The minimum Gasteiger partial charge on any atom is -0.481 e. The van der Waals surface area contributed by atoms with Crippen LogP contribution in [0.4, 0.5) is 0 Å². The molecule has 1 rings (SSSR count). The highest BCUT2D eigenvalue weighted by molar-refractivity contribution is 5.66. The van der Waals surface area contributed by atoms with Gasteiger partial charge in [-0.05, 0) is 0 Å². The Morgan fingerprint density at radius 3 is 2.87 bits per heavy atom. The first-order valence-corrected chi connectivity index (χ1v) is 4.84. The molecule has 2 N–H and O–H groups in total. The molecule has 84 valence electrons. The first-order chi connectivity index (χ1) is 7.09. The molecule has 0 aromatic carbocycles. The lowest BCUT2D eigenvalue weighted by Gasteiger charge is -1.97. The third kappa shape index (κ3) is 4.07. The topological polar surface area (TPSA) is 88.2 Å². The third-order valence-electron chi connectivity index (χ3n) is 1.79. The van der Waals surface area contributed by atoms with E-state index >= 15 is 0 Å². The predicted octanol–water partition coefficient (Wildman–Crippen LogP) is 0.757. The lowest BCUT2D eigenvalue weighted by atomic mass is 10.2. The molecular weight excluding hydrogens is 198 g/mol. The second-order valence-electron chi connectivity index (χ2n) is 3.52. The Bertz CT molecular complexity index is 322. The largest absolute Gasteiger partial charge is 0.481 e. The minimum atomic E-state index is -0.823. The Hall–Kier alpha value is -1.43. The normalized spacial score (nSPS) is 10.9. The maximum absolute atomic E-state index is 10.2. The number of nitrogens with one attached hydrogen (secondary N) is 1. The van der Waals surface area contributed by atoms with Gasteiger partial charge in [0.15, 0.2) is 5.82 Å². The van der Waals surface area contributed by atoms with Crippen molar-refractivity contribution in [3.05, 3.63) is 11.7 Å². The monoisotopic (exact) mass is 213 g/mol. The molecule has 15 heavy (non-hydrogen) atoms. The highest BCUT2D eigenvalue weighted by Gasteiger charge is 2.08. The number of aliphatic carboxylic acids is 1. The molecular formula is C9H15N3O3. The fourth-order valence-corrected chi connectivity index (χ4v) is 0.965. The molecule has 0 unspecified atom stereocenters. The van der Waals surface area contributed by atoms with Gasteiger partial charge in [0.25, 0.3) is 0 Å². The Labute approximate surface area is 87.7 Å². The Morgan fingerprint density at radius 2 is 2.33 bits per heavy atom. The van der Waals surface area contributed by atoms with Crippen LogP contribution in [-0.2, 0) is 11.3 Å². The van der Waals surface area contributed by atoms with Gasteiger partial charge in [-0.3, -0.25) is 4.79 Å². The van der Waals surface area contributed by atoms with Crippen molar-refractivity contribution >= 4 is 5.97 Å². The van der Waals surface area contributed by atoms with Gasteiger partial charge in [0, 0.05) is 12.5 Å². The summed E-state index contributed by atoms with van der Waals surface area (Å²) in [4.78, 5) is 14.4. The van der Waals surface area contributed by atoms with E-state index < -0.39 is 5.97 Å². The van der Waals surface area contributed by atoms with Crippen molar-refractivity contribution in [3.8, 4) is 0 Å². The van der Waals surface area contributed by atoms with Crippen molar-refractivity contribution in [1.82, 2.24) is 15.5 Å². The number of hydrogen-bond donors (Lipinski definition) is 2. The van der Waals surface area contributed by atoms with Gasteiger partial charge in [-0.2, -0.15) is 4.98 Å². The number of rotatable bonds is 6.